The molecule has 5 heteroatoms. The van der Waals surface area contributed by atoms with Crippen LogP contribution in [0.15, 0.2) is 116 Å². The van der Waals surface area contributed by atoms with E-state index in [1.165, 1.54) is 34.1 Å². The molecule has 0 spiro atoms. The van der Waals surface area contributed by atoms with Crippen LogP contribution in [0.1, 0.15) is 24.0 Å². The first-order chi connectivity index (χ1) is 19.1. The zero-order valence-corrected chi connectivity index (χ0v) is 22.1. The molecule has 0 aliphatic rings. The summed E-state index contributed by atoms with van der Waals surface area (Å²) >= 11 is 0. The summed E-state index contributed by atoms with van der Waals surface area (Å²) in [6, 6.07) is 31.8. The third-order valence-electron chi connectivity index (χ3n) is 6.42. The van der Waals surface area contributed by atoms with Crippen LogP contribution in [-0.4, -0.2) is 25.2 Å². The number of carbonyl (C=O) groups excluding carboxylic acids is 2. The van der Waals surface area contributed by atoms with E-state index in [4.69, 9.17) is 9.47 Å². The molecule has 198 valence electrons. The molecule has 0 saturated heterocycles. The first-order valence-corrected chi connectivity index (χ1v) is 13.1. The molecule has 0 heterocycles. The molecule has 39 heavy (non-hydrogen) atoms. The molecule has 0 aliphatic carbocycles. The summed E-state index contributed by atoms with van der Waals surface area (Å²) in [6.07, 6.45) is 5.51. The summed E-state index contributed by atoms with van der Waals surface area (Å²) in [5.41, 5.74) is 5.54. The summed E-state index contributed by atoms with van der Waals surface area (Å²) in [7, 11) is 0. The van der Waals surface area contributed by atoms with Gasteiger partial charge in [-0.3, -0.25) is 0 Å². The smallest absolute Gasteiger partial charge is 0.330 e. The van der Waals surface area contributed by atoms with Crippen molar-refractivity contribution in [2.24, 2.45) is 0 Å². The van der Waals surface area contributed by atoms with Gasteiger partial charge in [-0.1, -0.05) is 67.8 Å². The lowest BCUT2D eigenvalue weighted by Crippen LogP contribution is -2.10. The molecular formula is C34H33NO4. The Morgan fingerprint density at radius 1 is 0.615 bits per heavy atom. The highest BCUT2D eigenvalue weighted by Crippen LogP contribution is 2.36. The van der Waals surface area contributed by atoms with Gasteiger partial charge in [0, 0.05) is 29.2 Å². The Hall–Kier alpha value is -4.64. The molecular weight excluding hydrogens is 486 g/mol. The summed E-state index contributed by atoms with van der Waals surface area (Å²) < 4.78 is 10.2. The van der Waals surface area contributed by atoms with Gasteiger partial charge >= 0.3 is 11.9 Å². The Kier molecular flexibility index (Phi) is 9.68. The molecule has 0 unspecified atom stereocenters. The van der Waals surface area contributed by atoms with Crippen LogP contribution in [0.2, 0.25) is 0 Å². The summed E-state index contributed by atoms with van der Waals surface area (Å²) in [5.74, 6) is -0.781. The molecule has 0 radical (unpaired) electrons. The second kappa shape index (κ2) is 13.8. The second-order valence-electron chi connectivity index (χ2n) is 9.15. The molecule has 0 fully saturated rings. The maximum absolute atomic E-state index is 11.2. The van der Waals surface area contributed by atoms with Crippen LogP contribution in [0.5, 0.6) is 0 Å². The van der Waals surface area contributed by atoms with Gasteiger partial charge in [-0.05, 0) is 84.0 Å². The van der Waals surface area contributed by atoms with E-state index in [1.54, 1.807) is 0 Å². The van der Waals surface area contributed by atoms with Crippen LogP contribution in [0.25, 0.3) is 10.8 Å². The average Bonchev–Trinajstić information content (AvgIpc) is 2.98. The van der Waals surface area contributed by atoms with Crippen LogP contribution >= 0.6 is 0 Å². The molecule has 0 saturated carbocycles. The average molecular weight is 520 g/mol. The second-order valence-corrected chi connectivity index (χ2v) is 9.15. The van der Waals surface area contributed by atoms with Crippen LogP contribution in [-0.2, 0) is 31.9 Å². The lowest BCUT2D eigenvalue weighted by Gasteiger charge is -2.26. The molecule has 4 aromatic rings. The zero-order chi connectivity index (χ0) is 27.5. The van der Waals surface area contributed by atoms with E-state index in [-0.39, 0.29) is 0 Å². The highest BCUT2D eigenvalue weighted by atomic mass is 16.5. The van der Waals surface area contributed by atoms with Crippen molar-refractivity contribution < 1.29 is 19.1 Å². The molecule has 0 aliphatic heterocycles. The van der Waals surface area contributed by atoms with Gasteiger partial charge in [-0.25, -0.2) is 9.59 Å². The van der Waals surface area contributed by atoms with Gasteiger partial charge in [-0.15, -0.1) is 0 Å². The highest BCUT2D eigenvalue weighted by Gasteiger charge is 2.13. The normalized spacial score (nSPS) is 10.6. The number of hydrogen-bond acceptors (Lipinski definition) is 5. The molecule has 0 atom stereocenters. The van der Waals surface area contributed by atoms with E-state index in [1.807, 2.05) is 6.07 Å². The van der Waals surface area contributed by atoms with Crippen molar-refractivity contribution in [1.82, 2.24) is 0 Å². The Bertz CT molecular complexity index is 1350. The highest BCUT2D eigenvalue weighted by molar-refractivity contribution is 5.89. The molecule has 0 bridgehead atoms. The van der Waals surface area contributed by atoms with Crippen molar-refractivity contribution in [2.45, 2.75) is 25.7 Å². The van der Waals surface area contributed by atoms with E-state index >= 15 is 0 Å². The van der Waals surface area contributed by atoms with Gasteiger partial charge in [0.05, 0.1) is 13.2 Å². The maximum Gasteiger partial charge on any atom is 0.330 e. The quantitative estimate of drug-likeness (QED) is 0.103. The molecule has 0 aromatic heterocycles. The fraction of sp³-hybridized carbons (Fsp3) is 0.176. The topological polar surface area (TPSA) is 55.8 Å². The summed E-state index contributed by atoms with van der Waals surface area (Å²) in [6.45, 7) is 7.59. The molecule has 0 amide bonds. The summed E-state index contributed by atoms with van der Waals surface area (Å²) in [5, 5.41) is 2.37. The van der Waals surface area contributed by atoms with Crippen LogP contribution in [0, 0.1) is 0 Å². The monoisotopic (exact) mass is 519 g/mol. The van der Waals surface area contributed by atoms with Gasteiger partial charge in [0.2, 0.25) is 0 Å². The molecule has 5 nitrogen and oxygen atoms in total. The van der Waals surface area contributed by atoms with Crippen molar-refractivity contribution in [3.8, 4) is 0 Å². The van der Waals surface area contributed by atoms with Crippen LogP contribution < -0.4 is 4.90 Å². The van der Waals surface area contributed by atoms with Crippen molar-refractivity contribution in [2.75, 3.05) is 18.1 Å². The number of benzene rings is 4. The Morgan fingerprint density at radius 2 is 1.08 bits per heavy atom. The number of esters is 2. The number of aryl methyl sites for hydroxylation is 2. The van der Waals surface area contributed by atoms with Gasteiger partial charge in [0.25, 0.3) is 0 Å². The fourth-order valence-electron chi connectivity index (χ4n) is 4.40. The van der Waals surface area contributed by atoms with Crippen molar-refractivity contribution in [3.05, 3.63) is 127 Å². The number of nitrogens with zero attached hydrogens (tertiary/aromatic N) is 1. The van der Waals surface area contributed by atoms with Crippen molar-refractivity contribution in [1.29, 1.82) is 0 Å². The van der Waals surface area contributed by atoms with Gasteiger partial charge in [0.15, 0.2) is 0 Å². The molecule has 4 aromatic carbocycles. The van der Waals surface area contributed by atoms with Gasteiger partial charge < -0.3 is 14.4 Å². The van der Waals surface area contributed by atoms with Crippen molar-refractivity contribution in [3.63, 3.8) is 0 Å². The third-order valence-corrected chi connectivity index (χ3v) is 6.42. The summed E-state index contributed by atoms with van der Waals surface area (Å²) in [4.78, 5) is 24.7. The molecule has 0 N–H and O–H groups in total. The van der Waals surface area contributed by atoms with Gasteiger partial charge in [-0.2, -0.15) is 0 Å². The Labute approximate surface area is 230 Å². The predicted octanol–water partition coefficient (Wildman–Crippen LogP) is 7.63. The number of anilines is 3. The number of fused-ring (bicyclic) bond motifs is 1. The predicted molar refractivity (Wildman–Crippen MR) is 158 cm³/mol. The Morgan fingerprint density at radius 3 is 1.56 bits per heavy atom. The maximum atomic E-state index is 11.2. The number of hydrogen-bond donors (Lipinski definition) is 0. The van der Waals surface area contributed by atoms with E-state index in [2.05, 4.69) is 103 Å². The third kappa shape index (κ3) is 7.68. The minimum Gasteiger partial charge on any atom is -0.463 e. The van der Waals surface area contributed by atoms with E-state index in [0.29, 0.717) is 13.2 Å². The van der Waals surface area contributed by atoms with E-state index in [0.717, 1.165) is 42.7 Å². The molecule has 4 rings (SSSR count). The van der Waals surface area contributed by atoms with Crippen LogP contribution in [0.3, 0.4) is 0 Å². The lowest BCUT2D eigenvalue weighted by molar-refractivity contribution is -0.138. The van der Waals surface area contributed by atoms with Crippen LogP contribution in [0.4, 0.5) is 17.1 Å². The number of rotatable bonds is 13. The fourth-order valence-corrected chi connectivity index (χ4v) is 4.40. The lowest BCUT2D eigenvalue weighted by atomic mass is 10.1. The number of ether oxygens (including phenoxy) is 2. The number of carbonyl (C=O) groups is 2. The minimum absolute atomic E-state index is 0.374. The van der Waals surface area contributed by atoms with E-state index in [9.17, 15) is 9.59 Å². The minimum atomic E-state index is -0.390. The zero-order valence-electron chi connectivity index (χ0n) is 22.1. The largest absolute Gasteiger partial charge is 0.463 e. The first-order valence-electron chi connectivity index (χ1n) is 13.1. The van der Waals surface area contributed by atoms with Gasteiger partial charge in [0.1, 0.15) is 0 Å². The Balaban J connectivity index is 1.53. The first kappa shape index (κ1) is 27.4. The van der Waals surface area contributed by atoms with Crippen molar-refractivity contribution >= 4 is 39.8 Å². The SMILES string of the molecule is C=CC(=O)OCCCc1ccc(N(c2ccc(CCCOC(=O)C=C)cc2)c2ccc3ccccc3c2)cc1. The van der Waals surface area contributed by atoms with E-state index < -0.39 is 11.9 Å². The standard InChI is InChI=1S/C34H33NO4/c1-3-33(36)38-23-7-9-26-13-18-30(19-14-26)35(32-22-17-28-11-5-6-12-29(28)25-32)31-20-15-27(16-21-31)10-8-24-39-34(37)4-2/h3-6,11-22,25H,1-2,7-10,23-24H2.